The van der Waals surface area contributed by atoms with Crippen LogP contribution in [0.5, 0.6) is 5.75 Å². The summed E-state index contributed by atoms with van der Waals surface area (Å²) in [4.78, 5) is 10.3. The molecule has 1 aromatic heterocycles. The van der Waals surface area contributed by atoms with Crippen molar-refractivity contribution in [2.45, 2.75) is 20.5 Å². The Morgan fingerprint density at radius 1 is 1.50 bits per heavy atom. The Balaban J connectivity index is 2.05. The van der Waals surface area contributed by atoms with Crippen LogP contribution in [0, 0.1) is 17.0 Å². The van der Waals surface area contributed by atoms with Crippen molar-refractivity contribution in [2.24, 2.45) is 0 Å². The van der Waals surface area contributed by atoms with E-state index in [0.717, 1.165) is 17.2 Å². The van der Waals surface area contributed by atoms with Gasteiger partial charge in [0, 0.05) is 29.7 Å². The molecule has 1 N–H and O–H groups in total. The van der Waals surface area contributed by atoms with Crippen LogP contribution in [0.3, 0.4) is 0 Å². The van der Waals surface area contributed by atoms with E-state index in [1.54, 1.807) is 19.1 Å². The van der Waals surface area contributed by atoms with Gasteiger partial charge < -0.3 is 10.1 Å². The highest BCUT2D eigenvalue weighted by atomic mass is 32.1. The monoisotopic (exact) mass is 294 g/mol. The number of nitrogens with one attached hydrogen (secondary N) is 1. The Labute approximate surface area is 119 Å². The van der Waals surface area contributed by atoms with Crippen LogP contribution in [-0.2, 0) is 6.61 Å². The first-order chi connectivity index (χ1) is 9.61. The number of aromatic nitrogens is 2. The van der Waals surface area contributed by atoms with Gasteiger partial charge in [0.2, 0.25) is 0 Å². The van der Waals surface area contributed by atoms with Gasteiger partial charge in [-0.15, -0.1) is 5.10 Å². The van der Waals surface area contributed by atoms with Gasteiger partial charge in [0.25, 0.3) is 5.69 Å². The minimum Gasteiger partial charge on any atom is -0.487 e. The number of hydrogen-bond acceptors (Lipinski definition) is 7. The summed E-state index contributed by atoms with van der Waals surface area (Å²) in [5.41, 5.74) is 1.38. The van der Waals surface area contributed by atoms with Crippen molar-refractivity contribution in [3.8, 4) is 5.75 Å². The zero-order valence-electron chi connectivity index (χ0n) is 11.1. The maximum atomic E-state index is 10.7. The van der Waals surface area contributed by atoms with Gasteiger partial charge in [0.15, 0.2) is 0 Å². The van der Waals surface area contributed by atoms with Crippen LogP contribution in [0.2, 0.25) is 0 Å². The number of anilines is 1. The molecule has 2 aromatic rings. The van der Waals surface area contributed by atoms with Gasteiger partial charge >= 0.3 is 0 Å². The maximum absolute atomic E-state index is 10.7. The van der Waals surface area contributed by atoms with E-state index < -0.39 is 4.92 Å². The van der Waals surface area contributed by atoms with Gasteiger partial charge in [-0.3, -0.25) is 10.1 Å². The fourth-order valence-corrected chi connectivity index (χ4v) is 2.31. The van der Waals surface area contributed by atoms with E-state index in [1.165, 1.54) is 17.6 Å². The van der Waals surface area contributed by atoms with Crippen LogP contribution in [0.15, 0.2) is 18.2 Å². The lowest BCUT2D eigenvalue weighted by Gasteiger charge is -2.07. The van der Waals surface area contributed by atoms with Gasteiger partial charge in [0.05, 0.1) is 4.92 Å². The SMILES string of the molecule is CCNc1snnc1COc1ccc([N+](=O)[O-])c(C)c1. The van der Waals surface area contributed by atoms with Crippen molar-refractivity contribution in [1.82, 2.24) is 9.59 Å². The lowest BCUT2D eigenvalue weighted by atomic mass is 10.2. The molecule has 0 radical (unpaired) electrons. The highest BCUT2D eigenvalue weighted by molar-refractivity contribution is 7.10. The summed E-state index contributed by atoms with van der Waals surface area (Å²) in [6.45, 7) is 4.73. The predicted octanol–water partition coefficient (Wildman–Crippen LogP) is 2.77. The van der Waals surface area contributed by atoms with Gasteiger partial charge in [0.1, 0.15) is 23.1 Å². The summed E-state index contributed by atoms with van der Waals surface area (Å²) in [7, 11) is 0. The van der Waals surface area contributed by atoms with Crippen LogP contribution in [-0.4, -0.2) is 21.1 Å². The minimum atomic E-state index is -0.410. The summed E-state index contributed by atoms with van der Waals surface area (Å²) >= 11 is 1.28. The normalized spacial score (nSPS) is 10.3. The number of ether oxygens (including phenoxy) is 1. The fraction of sp³-hybridized carbons (Fsp3) is 0.333. The first-order valence-electron chi connectivity index (χ1n) is 6.04. The van der Waals surface area contributed by atoms with Gasteiger partial charge in [-0.25, -0.2) is 0 Å². The van der Waals surface area contributed by atoms with E-state index in [9.17, 15) is 10.1 Å². The molecule has 20 heavy (non-hydrogen) atoms. The number of nitro benzene ring substituents is 1. The molecule has 0 saturated carbocycles. The molecule has 7 nitrogen and oxygen atoms in total. The first-order valence-corrected chi connectivity index (χ1v) is 6.82. The predicted molar refractivity (Wildman–Crippen MR) is 76.2 cm³/mol. The Hall–Kier alpha value is -2.22. The highest BCUT2D eigenvalue weighted by Gasteiger charge is 2.12. The lowest BCUT2D eigenvalue weighted by Crippen LogP contribution is -2.02. The minimum absolute atomic E-state index is 0.0843. The van der Waals surface area contributed by atoms with Crippen molar-refractivity contribution in [3.05, 3.63) is 39.6 Å². The molecule has 0 saturated heterocycles. The maximum Gasteiger partial charge on any atom is 0.272 e. The van der Waals surface area contributed by atoms with Crippen molar-refractivity contribution in [3.63, 3.8) is 0 Å². The van der Waals surface area contributed by atoms with E-state index in [4.69, 9.17) is 4.74 Å². The zero-order valence-corrected chi connectivity index (χ0v) is 11.9. The molecule has 0 fully saturated rings. The molecule has 106 valence electrons. The number of nitrogens with zero attached hydrogens (tertiary/aromatic N) is 3. The quantitative estimate of drug-likeness (QED) is 0.650. The van der Waals surface area contributed by atoms with Crippen LogP contribution < -0.4 is 10.1 Å². The number of nitro groups is 1. The molecular formula is C12H14N4O3S. The molecule has 0 atom stereocenters. The highest BCUT2D eigenvalue weighted by Crippen LogP contribution is 2.25. The lowest BCUT2D eigenvalue weighted by molar-refractivity contribution is -0.385. The summed E-state index contributed by atoms with van der Waals surface area (Å²) < 4.78 is 9.46. The fourth-order valence-electron chi connectivity index (χ4n) is 1.67. The topological polar surface area (TPSA) is 90.2 Å². The Bertz CT molecular complexity index is 614. The van der Waals surface area contributed by atoms with Crippen molar-refractivity contribution in [1.29, 1.82) is 0 Å². The van der Waals surface area contributed by atoms with E-state index in [0.29, 0.717) is 11.3 Å². The molecular weight excluding hydrogens is 280 g/mol. The zero-order chi connectivity index (χ0) is 14.5. The van der Waals surface area contributed by atoms with Crippen molar-refractivity contribution < 1.29 is 9.66 Å². The summed E-state index contributed by atoms with van der Waals surface area (Å²) in [5.74, 6) is 0.573. The summed E-state index contributed by atoms with van der Waals surface area (Å²) in [6, 6.07) is 4.66. The Kier molecular flexibility index (Phi) is 4.46. The molecule has 0 amide bonds. The third kappa shape index (κ3) is 3.21. The van der Waals surface area contributed by atoms with E-state index in [1.807, 2.05) is 6.92 Å². The van der Waals surface area contributed by atoms with Crippen LogP contribution in [0.25, 0.3) is 0 Å². The largest absolute Gasteiger partial charge is 0.487 e. The molecule has 0 unspecified atom stereocenters. The summed E-state index contributed by atoms with van der Waals surface area (Å²) in [6.07, 6.45) is 0. The number of benzene rings is 1. The molecule has 0 aliphatic heterocycles. The standard InChI is InChI=1S/C12H14N4O3S/c1-3-13-12-10(14-15-20-12)7-19-9-4-5-11(16(17)18)8(2)6-9/h4-6,13H,3,7H2,1-2H3. The van der Waals surface area contributed by atoms with Gasteiger partial charge in [-0.05, 0) is 26.0 Å². The van der Waals surface area contributed by atoms with Crippen LogP contribution >= 0.6 is 11.5 Å². The smallest absolute Gasteiger partial charge is 0.272 e. The second-order valence-electron chi connectivity index (χ2n) is 4.07. The molecule has 0 aliphatic carbocycles. The third-order valence-corrected chi connectivity index (χ3v) is 3.36. The second-order valence-corrected chi connectivity index (χ2v) is 4.83. The number of hydrogen-bond donors (Lipinski definition) is 1. The van der Waals surface area contributed by atoms with Gasteiger partial charge in [-0.1, -0.05) is 4.49 Å². The second kappa shape index (κ2) is 6.29. The molecule has 0 spiro atoms. The van der Waals surface area contributed by atoms with Crippen LogP contribution in [0.4, 0.5) is 10.7 Å². The molecule has 8 heteroatoms. The Morgan fingerprint density at radius 3 is 2.95 bits per heavy atom. The Morgan fingerprint density at radius 2 is 2.30 bits per heavy atom. The molecule has 0 bridgehead atoms. The average molecular weight is 294 g/mol. The van der Waals surface area contributed by atoms with Gasteiger partial charge in [-0.2, -0.15) is 0 Å². The first kappa shape index (κ1) is 14.2. The molecule has 2 rings (SSSR count). The van der Waals surface area contributed by atoms with Crippen molar-refractivity contribution >= 4 is 22.2 Å². The molecule has 1 heterocycles. The van der Waals surface area contributed by atoms with E-state index in [2.05, 4.69) is 14.9 Å². The summed E-state index contributed by atoms with van der Waals surface area (Å²) in [5, 5.41) is 18.8. The van der Waals surface area contributed by atoms with E-state index in [-0.39, 0.29) is 12.3 Å². The molecule has 0 aliphatic rings. The molecule has 1 aromatic carbocycles. The average Bonchev–Trinajstić information content (AvgIpc) is 2.84. The van der Waals surface area contributed by atoms with E-state index >= 15 is 0 Å². The van der Waals surface area contributed by atoms with Crippen molar-refractivity contribution in [2.75, 3.05) is 11.9 Å². The van der Waals surface area contributed by atoms with Crippen LogP contribution in [0.1, 0.15) is 18.2 Å². The number of rotatable bonds is 6. The third-order valence-electron chi connectivity index (χ3n) is 2.63. The number of aryl methyl sites for hydroxylation is 1.